The molecule has 1 aliphatic rings. The summed E-state index contributed by atoms with van der Waals surface area (Å²) in [6.45, 7) is -0.352. The summed E-state index contributed by atoms with van der Waals surface area (Å²) in [6, 6.07) is 2.39. The zero-order valence-corrected chi connectivity index (χ0v) is 12.6. The number of rotatable bonds is 3. The molecule has 1 aliphatic carbocycles. The summed E-state index contributed by atoms with van der Waals surface area (Å²) in [5.74, 6) is -1.51. The molecule has 8 heteroatoms. The Morgan fingerprint density at radius 3 is 2.75 bits per heavy atom. The first-order valence-electron chi connectivity index (χ1n) is 7.56. The van der Waals surface area contributed by atoms with Crippen LogP contribution in [-0.2, 0) is 25.6 Å². The fourth-order valence-corrected chi connectivity index (χ4v) is 2.89. The average Bonchev–Trinajstić information content (AvgIpc) is 2.96. The van der Waals surface area contributed by atoms with Crippen molar-refractivity contribution in [3.63, 3.8) is 0 Å². The fourth-order valence-electron chi connectivity index (χ4n) is 2.89. The molecular formula is C16H15F4N3O. The predicted octanol–water partition coefficient (Wildman–Crippen LogP) is 3.38. The van der Waals surface area contributed by atoms with Crippen LogP contribution in [0, 0.1) is 5.82 Å². The van der Waals surface area contributed by atoms with Crippen LogP contribution in [-0.4, -0.2) is 16.1 Å². The molecule has 2 aromatic rings. The lowest BCUT2D eigenvalue weighted by molar-refractivity contribution is -0.138. The maximum absolute atomic E-state index is 13.1. The number of fused-ring (bicyclic) bond motifs is 1. The monoisotopic (exact) mass is 341 g/mol. The van der Waals surface area contributed by atoms with Gasteiger partial charge in [0.1, 0.15) is 5.82 Å². The molecule has 3 rings (SSSR count). The number of aryl methyl sites for hydroxylation is 1. The third kappa shape index (κ3) is 3.27. The fraction of sp³-hybridized carbons (Fsp3) is 0.375. The number of H-pyrrole nitrogens is 1. The zero-order chi connectivity index (χ0) is 17.3. The highest BCUT2D eigenvalue weighted by atomic mass is 19.4. The topological polar surface area (TPSA) is 57.8 Å². The van der Waals surface area contributed by atoms with Gasteiger partial charge in [-0.3, -0.25) is 9.89 Å². The normalized spacial score (nSPS) is 14.3. The summed E-state index contributed by atoms with van der Waals surface area (Å²) in [4.78, 5) is 12.2. The predicted molar refractivity (Wildman–Crippen MR) is 77.8 cm³/mol. The Morgan fingerprint density at radius 1 is 1.25 bits per heavy atom. The molecule has 24 heavy (non-hydrogen) atoms. The maximum Gasteiger partial charge on any atom is 0.416 e. The average molecular weight is 341 g/mol. The lowest BCUT2D eigenvalue weighted by Gasteiger charge is -2.14. The highest BCUT2D eigenvalue weighted by Crippen LogP contribution is 2.32. The van der Waals surface area contributed by atoms with E-state index in [0.29, 0.717) is 6.07 Å². The molecule has 0 aliphatic heterocycles. The van der Waals surface area contributed by atoms with E-state index in [9.17, 15) is 22.4 Å². The summed E-state index contributed by atoms with van der Waals surface area (Å²) in [6.07, 6.45) is -1.19. The second kappa shape index (κ2) is 6.26. The van der Waals surface area contributed by atoms with Crippen LogP contribution >= 0.6 is 0 Å². The molecule has 1 aromatic heterocycles. The Hall–Kier alpha value is -2.38. The quantitative estimate of drug-likeness (QED) is 0.841. The minimum Gasteiger partial charge on any atom is -0.347 e. The van der Waals surface area contributed by atoms with Crippen LogP contribution in [0.15, 0.2) is 18.2 Å². The van der Waals surface area contributed by atoms with E-state index in [4.69, 9.17) is 0 Å². The van der Waals surface area contributed by atoms with E-state index in [-0.39, 0.29) is 17.8 Å². The molecule has 0 unspecified atom stereocenters. The van der Waals surface area contributed by atoms with E-state index in [0.717, 1.165) is 49.1 Å². The number of amides is 1. The van der Waals surface area contributed by atoms with Crippen molar-refractivity contribution in [1.82, 2.24) is 15.5 Å². The van der Waals surface area contributed by atoms with Crippen molar-refractivity contribution in [2.24, 2.45) is 0 Å². The Labute approximate surface area is 135 Å². The highest BCUT2D eigenvalue weighted by molar-refractivity contribution is 5.94. The molecule has 0 saturated heterocycles. The van der Waals surface area contributed by atoms with Gasteiger partial charge in [0.2, 0.25) is 0 Å². The molecule has 0 bridgehead atoms. The molecule has 1 heterocycles. The van der Waals surface area contributed by atoms with Gasteiger partial charge in [-0.15, -0.1) is 0 Å². The number of nitrogens with zero attached hydrogens (tertiary/aromatic N) is 1. The van der Waals surface area contributed by atoms with Gasteiger partial charge in [-0.1, -0.05) is 6.07 Å². The van der Waals surface area contributed by atoms with Gasteiger partial charge in [0.15, 0.2) is 5.69 Å². The van der Waals surface area contributed by atoms with Gasteiger partial charge in [-0.2, -0.15) is 18.3 Å². The van der Waals surface area contributed by atoms with E-state index in [2.05, 4.69) is 15.5 Å². The first-order valence-corrected chi connectivity index (χ1v) is 7.56. The molecule has 0 fully saturated rings. The van der Waals surface area contributed by atoms with Gasteiger partial charge in [-0.05, 0) is 43.4 Å². The van der Waals surface area contributed by atoms with Crippen LogP contribution in [0.4, 0.5) is 17.6 Å². The largest absolute Gasteiger partial charge is 0.416 e. The number of hydrogen-bond acceptors (Lipinski definition) is 2. The summed E-state index contributed by atoms with van der Waals surface area (Å²) in [5, 5.41) is 9.22. The van der Waals surface area contributed by atoms with Crippen molar-refractivity contribution in [2.45, 2.75) is 38.4 Å². The summed E-state index contributed by atoms with van der Waals surface area (Å²) >= 11 is 0. The minimum atomic E-state index is -4.69. The number of aromatic amines is 1. The van der Waals surface area contributed by atoms with Crippen molar-refractivity contribution >= 4 is 5.91 Å². The van der Waals surface area contributed by atoms with Crippen LogP contribution in [0.3, 0.4) is 0 Å². The summed E-state index contributed by atoms with van der Waals surface area (Å²) in [5.41, 5.74) is 0.673. The van der Waals surface area contributed by atoms with Crippen LogP contribution in [0.5, 0.6) is 0 Å². The number of halogens is 4. The molecule has 0 spiro atoms. The van der Waals surface area contributed by atoms with Gasteiger partial charge in [0.25, 0.3) is 5.91 Å². The van der Waals surface area contributed by atoms with E-state index < -0.39 is 23.5 Å². The molecule has 0 atom stereocenters. The van der Waals surface area contributed by atoms with Gasteiger partial charge in [0.05, 0.1) is 5.56 Å². The lowest BCUT2D eigenvalue weighted by atomic mass is 9.96. The molecule has 1 aromatic carbocycles. The number of alkyl halides is 3. The second-order valence-electron chi connectivity index (χ2n) is 5.72. The van der Waals surface area contributed by atoms with Crippen LogP contribution in [0.25, 0.3) is 0 Å². The van der Waals surface area contributed by atoms with Gasteiger partial charge < -0.3 is 5.32 Å². The molecule has 4 nitrogen and oxygen atoms in total. The molecule has 2 N–H and O–H groups in total. The smallest absolute Gasteiger partial charge is 0.347 e. The summed E-state index contributed by atoms with van der Waals surface area (Å²) in [7, 11) is 0. The Morgan fingerprint density at radius 2 is 2.00 bits per heavy atom. The maximum atomic E-state index is 13.1. The van der Waals surface area contributed by atoms with Crippen molar-refractivity contribution in [3.8, 4) is 0 Å². The Bertz CT molecular complexity index is 767. The third-order valence-corrected chi connectivity index (χ3v) is 4.09. The number of aromatic nitrogens is 2. The van der Waals surface area contributed by atoms with Gasteiger partial charge >= 0.3 is 6.18 Å². The summed E-state index contributed by atoms with van der Waals surface area (Å²) < 4.78 is 52.0. The van der Waals surface area contributed by atoms with E-state index in [1.54, 1.807) is 0 Å². The SMILES string of the molecule is O=C(NCc1ccc(F)cc1C(F)(F)F)c1n[nH]c2c1CCCC2. The van der Waals surface area contributed by atoms with E-state index in [1.165, 1.54) is 0 Å². The highest BCUT2D eigenvalue weighted by Gasteiger charge is 2.34. The van der Waals surface area contributed by atoms with E-state index in [1.807, 2.05) is 0 Å². The van der Waals surface area contributed by atoms with Crippen molar-refractivity contribution in [2.75, 3.05) is 0 Å². The van der Waals surface area contributed by atoms with Crippen molar-refractivity contribution in [3.05, 3.63) is 52.1 Å². The second-order valence-corrected chi connectivity index (χ2v) is 5.72. The Kier molecular flexibility index (Phi) is 4.29. The standard InChI is InChI=1S/C16H15F4N3O/c17-10-6-5-9(12(7-10)16(18,19)20)8-21-15(24)14-11-3-1-2-4-13(11)22-23-14/h5-7H,1-4,8H2,(H,21,24)(H,22,23). The molecule has 0 saturated carbocycles. The van der Waals surface area contributed by atoms with Crippen LogP contribution in [0.1, 0.15) is 45.7 Å². The van der Waals surface area contributed by atoms with Crippen molar-refractivity contribution < 1.29 is 22.4 Å². The molecule has 1 amide bonds. The Balaban J connectivity index is 1.77. The molecular weight excluding hydrogens is 326 g/mol. The van der Waals surface area contributed by atoms with Crippen LogP contribution in [0.2, 0.25) is 0 Å². The number of carbonyl (C=O) groups is 1. The molecule has 128 valence electrons. The number of nitrogens with one attached hydrogen (secondary N) is 2. The lowest BCUT2D eigenvalue weighted by Crippen LogP contribution is -2.26. The minimum absolute atomic E-state index is 0.193. The third-order valence-electron chi connectivity index (χ3n) is 4.09. The molecule has 0 radical (unpaired) electrons. The number of benzene rings is 1. The van der Waals surface area contributed by atoms with Gasteiger partial charge in [0, 0.05) is 17.8 Å². The zero-order valence-electron chi connectivity index (χ0n) is 12.6. The number of carbonyl (C=O) groups excluding carboxylic acids is 1. The number of hydrogen-bond donors (Lipinski definition) is 2. The first-order chi connectivity index (χ1) is 11.4. The van der Waals surface area contributed by atoms with Crippen molar-refractivity contribution in [1.29, 1.82) is 0 Å². The first kappa shape index (κ1) is 16.5. The van der Waals surface area contributed by atoms with Crippen LogP contribution < -0.4 is 5.32 Å². The van der Waals surface area contributed by atoms with Gasteiger partial charge in [-0.25, -0.2) is 4.39 Å². The van der Waals surface area contributed by atoms with E-state index >= 15 is 0 Å².